The summed E-state index contributed by atoms with van der Waals surface area (Å²) in [6.07, 6.45) is 2.97. The highest BCUT2D eigenvalue weighted by molar-refractivity contribution is 9.10. The van der Waals surface area contributed by atoms with Crippen LogP contribution in [0.4, 0.5) is 10.1 Å². The van der Waals surface area contributed by atoms with Crippen LogP contribution in [0.1, 0.15) is 42.1 Å². The van der Waals surface area contributed by atoms with E-state index in [4.69, 9.17) is 23.2 Å². The molecular formula is C19H17BrCl2FNO3S. The second-order valence-corrected chi connectivity index (χ2v) is 9.42. The van der Waals surface area contributed by atoms with Gasteiger partial charge in [-0.2, -0.15) is 0 Å². The Morgan fingerprint density at radius 1 is 1.21 bits per heavy atom. The lowest BCUT2D eigenvalue weighted by Gasteiger charge is -2.26. The first kappa shape index (κ1) is 21.6. The molecule has 3 rings (SSSR count). The number of benzene rings is 2. The third kappa shape index (κ3) is 4.70. The number of carbonyl (C=O) groups is 1. The maximum atomic E-state index is 13.3. The third-order valence-electron chi connectivity index (χ3n) is 4.67. The number of hydrogen-bond acceptors (Lipinski definition) is 3. The Morgan fingerprint density at radius 3 is 2.46 bits per heavy atom. The minimum atomic E-state index is -2.91. The third-order valence-corrected chi connectivity index (χ3v) is 6.90. The van der Waals surface area contributed by atoms with Crippen LogP contribution < -0.4 is 4.31 Å². The van der Waals surface area contributed by atoms with Gasteiger partial charge in [0.2, 0.25) is 10.9 Å². The van der Waals surface area contributed by atoms with Crippen molar-refractivity contribution in [2.45, 2.75) is 32.2 Å². The zero-order valence-electron chi connectivity index (χ0n) is 14.8. The zero-order chi connectivity index (χ0) is 20.6. The van der Waals surface area contributed by atoms with E-state index in [9.17, 15) is 17.6 Å². The van der Waals surface area contributed by atoms with Crippen molar-refractivity contribution in [3.8, 4) is 0 Å². The molecule has 9 heteroatoms. The molecule has 0 amide bonds. The molecule has 0 spiro atoms. The number of rotatable bonds is 7. The van der Waals surface area contributed by atoms with Gasteiger partial charge in [-0.1, -0.05) is 36.0 Å². The van der Waals surface area contributed by atoms with E-state index < -0.39 is 22.5 Å². The van der Waals surface area contributed by atoms with E-state index in [2.05, 4.69) is 15.9 Å². The van der Waals surface area contributed by atoms with Crippen molar-refractivity contribution >= 4 is 61.5 Å². The summed E-state index contributed by atoms with van der Waals surface area (Å²) in [5, 5.41) is 0.117. The highest BCUT2D eigenvalue weighted by Crippen LogP contribution is 2.39. The number of hydrogen-bond donors (Lipinski definition) is 1. The maximum Gasteiger partial charge on any atom is 0.225 e. The first-order valence-corrected chi connectivity index (χ1v) is 11.3. The highest BCUT2D eigenvalue weighted by atomic mass is 79.9. The lowest BCUT2D eigenvalue weighted by atomic mass is 10.0. The molecular weight excluding hydrogens is 492 g/mol. The molecule has 0 saturated heterocycles. The highest BCUT2D eigenvalue weighted by Gasteiger charge is 2.29. The van der Waals surface area contributed by atoms with E-state index in [1.165, 1.54) is 22.5 Å². The molecule has 0 radical (unpaired) electrons. The molecule has 1 atom stereocenters. The minimum absolute atomic E-state index is 0.0144. The fourth-order valence-corrected chi connectivity index (χ4v) is 4.96. The van der Waals surface area contributed by atoms with Gasteiger partial charge in [-0.05, 0) is 65.5 Å². The summed E-state index contributed by atoms with van der Waals surface area (Å²) in [5.74, 6) is -0.459. The van der Waals surface area contributed by atoms with Gasteiger partial charge in [-0.3, -0.25) is 9.10 Å². The number of carbonyl (C=O) groups excluding carboxylic acids is 1. The molecule has 1 saturated carbocycles. The number of ketones is 1. The lowest BCUT2D eigenvalue weighted by molar-refractivity contribution is 0.103. The largest absolute Gasteiger partial charge is 0.289 e. The van der Waals surface area contributed by atoms with Crippen molar-refractivity contribution < 1.29 is 17.6 Å². The standard InChI is InChI=1S/C19H17BrCl2FNO3S/c1-10(6-11-2-3-11)24(28(26)27)18-9-15(20)14(8-17(18)22)19(25)13-5-4-12(23)7-16(13)21/h4-5,7-11,28H,2-3,6H2,1H3. The van der Waals surface area contributed by atoms with Crippen molar-refractivity contribution in [1.82, 2.24) is 0 Å². The van der Waals surface area contributed by atoms with Gasteiger partial charge in [0.1, 0.15) is 5.82 Å². The summed E-state index contributed by atoms with van der Waals surface area (Å²) < 4.78 is 38.7. The van der Waals surface area contributed by atoms with Crippen molar-refractivity contribution in [3.05, 3.63) is 61.8 Å². The van der Waals surface area contributed by atoms with Gasteiger partial charge < -0.3 is 0 Å². The van der Waals surface area contributed by atoms with E-state index in [0.717, 1.165) is 31.4 Å². The van der Waals surface area contributed by atoms with E-state index in [-0.39, 0.29) is 27.2 Å². The van der Waals surface area contributed by atoms with E-state index in [1.54, 1.807) is 0 Å². The van der Waals surface area contributed by atoms with Crippen molar-refractivity contribution in [3.63, 3.8) is 0 Å². The molecule has 28 heavy (non-hydrogen) atoms. The van der Waals surface area contributed by atoms with Gasteiger partial charge in [0.15, 0.2) is 5.78 Å². The first-order valence-electron chi connectivity index (χ1n) is 8.61. The fraction of sp³-hybridized carbons (Fsp3) is 0.316. The monoisotopic (exact) mass is 507 g/mol. The molecule has 0 N–H and O–H groups in total. The lowest BCUT2D eigenvalue weighted by Crippen LogP contribution is -2.32. The van der Waals surface area contributed by atoms with E-state index in [0.29, 0.717) is 16.1 Å². The molecule has 0 aromatic heterocycles. The SMILES string of the molecule is CC(CC1CC1)N(c1cc(Br)c(C(=O)c2ccc(F)cc2Cl)cc1Cl)[SH](=O)=O. The summed E-state index contributed by atoms with van der Waals surface area (Å²) in [6.45, 7) is 1.84. The van der Waals surface area contributed by atoms with Crippen LogP contribution in [0, 0.1) is 11.7 Å². The van der Waals surface area contributed by atoms with Crippen molar-refractivity contribution in [1.29, 1.82) is 0 Å². The van der Waals surface area contributed by atoms with Crippen LogP contribution in [0.3, 0.4) is 0 Å². The maximum absolute atomic E-state index is 13.3. The van der Waals surface area contributed by atoms with Gasteiger partial charge in [-0.25, -0.2) is 12.8 Å². The molecule has 0 bridgehead atoms. The van der Waals surface area contributed by atoms with Crippen LogP contribution in [-0.4, -0.2) is 20.2 Å². The average molecular weight is 509 g/mol. The summed E-state index contributed by atoms with van der Waals surface area (Å²) in [4.78, 5) is 12.8. The fourth-order valence-electron chi connectivity index (χ4n) is 3.13. The van der Waals surface area contributed by atoms with Crippen LogP contribution in [0.15, 0.2) is 34.8 Å². The molecule has 0 aliphatic heterocycles. The Balaban J connectivity index is 1.98. The van der Waals surface area contributed by atoms with Gasteiger partial charge in [-0.15, -0.1) is 0 Å². The van der Waals surface area contributed by atoms with Gasteiger partial charge >= 0.3 is 0 Å². The van der Waals surface area contributed by atoms with Crippen molar-refractivity contribution in [2.24, 2.45) is 5.92 Å². The summed E-state index contributed by atoms with van der Waals surface area (Å²) >= 11 is 15.7. The molecule has 0 heterocycles. The second kappa shape index (κ2) is 8.69. The Hall–Kier alpha value is -1.15. The van der Waals surface area contributed by atoms with Crippen LogP contribution in [0.5, 0.6) is 0 Å². The van der Waals surface area contributed by atoms with E-state index >= 15 is 0 Å². The average Bonchev–Trinajstić information content (AvgIpc) is 3.41. The molecule has 1 unspecified atom stereocenters. The molecule has 1 aliphatic rings. The van der Waals surface area contributed by atoms with Crippen LogP contribution in [0.25, 0.3) is 0 Å². The first-order chi connectivity index (χ1) is 13.2. The van der Waals surface area contributed by atoms with Crippen LogP contribution in [0.2, 0.25) is 10.0 Å². The zero-order valence-corrected chi connectivity index (χ0v) is 18.8. The molecule has 1 fully saturated rings. The predicted molar refractivity (Wildman–Crippen MR) is 114 cm³/mol. The summed E-state index contributed by atoms with van der Waals surface area (Å²) in [5.41, 5.74) is 0.638. The Labute approximate surface area is 182 Å². The van der Waals surface area contributed by atoms with Crippen LogP contribution >= 0.6 is 39.1 Å². The topological polar surface area (TPSA) is 54.5 Å². The molecule has 4 nitrogen and oxygen atoms in total. The predicted octanol–water partition coefficient (Wildman–Crippen LogP) is 5.65. The second-order valence-electron chi connectivity index (χ2n) is 6.85. The molecule has 2 aromatic rings. The van der Waals surface area contributed by atoms with E-state index in [1.807, 2.05) is 6.92 Å². The van der Waals surface area contributed by atoms with Crippen molar-refractivity contribution in [2.75, 3.05) is 4.31 Å². The van der Waals surface area contributed by atoms with Gasteiger partial charge in [0, 0.05) is 21.6 Å². The Bertz CT molecular complexity index is 1000. The Morgan fingerprint density at radius 2 is 1.89 bits per heavy atom. The van der Waals surface area contributed by atoms with Gasteiger partial charge in [0.05, 0.1) is 15.7 Å². The number of nitrogens with zero attached hydrogens (tertiary/aromatic N) is 1. The quantitative estimate of drug-likeness (QED) is 0.388. The van der Waals surface area contributed by atoms with Gasteiger partial charge in [0.25, 0.3) is 0 Å². The molecule has 150 valence electrons. The molecule has 1 aliphatic carbocycles. The Kier molecular flexibility index (Phi) is 6.69. The minimum Gasteiger partial charge on any atom is -0.289 e. The number of halogens is 4. The molecule has 2 aromatic carbocycles. The van der Waals surface area contributed by atoms with Crippen LogP contribution in [-0.2, 0) is 10.9 Å². The smallest absolute Gasteiger partial charge is 0.225 e. The number of anilines is 1. The summed E-state index contributed by atoms with van der Waals surface area (Å²) in [7, 11) is -2.91. The normalized spacial score (nSPS) is 14.9. The number of thiol groups is 1. The summed E-state index contributed by atoms with van der Waals surface area (Å²) in [6, 6.07) is 6.17.